The van der Waals surface area contributed by atoms with Crippen LogP contribution >= 0.6 is 0 Å². The lowest BCUT2D eigenvalue weighted by Crippen LogP contribution is -2.51. The molecule has 2 atom stereocenters. The number of carbonyl (C=O) groups is 1. The van der Waals surface area contributed by atoms with Gasteiger partial charge in [0.1, 0.15) is 5.52 Å². The third kappa shape index (κ3) is 3.03. The highest BCUT2D eigenvalue weighted by Gasteiger charge is 2.28. The molecule has 3 rings (SSSR count). The van der Waals surface area contributed by atoms with Crippen molar-refractivity contribution < 1.29 is 19.1 Å². The van der Waals surface area contributed by atoms with Gasteiger partial charge >= 0.3 is 0 Å². The molecule has 6 nitrogen and oxygen atoms in total. The molecule has 0 aliphatic carbocycles. The van der Waals surface area contributed by atoms with Crippen LogP contribution in [-0.2, 0) is 9.53 Å². The third-order valence-electron chi connectivity index (χ3n) is 3.67. The first kappa shape index (κ1) is 14.7. The van der Waals surface area contributed by atoms with Gasteiger partial charge in [-0.1, -0.05) is 12.1 Å². The third-order valence-corrected chi connectivity index (χ3v) is 3.67. The number of morpholine rings is 1. The number of aliphatic hydroxyl groups excluding tert-OH is 1. The lowest BCUT2D eigenvalue weighted by Gasteiger charge is -2.36. The molecule has 1 aliphatic heterocycles. The Morgan fingerprint density at radius 2 is 2.32 bits per heavy atom. The molecule has 1 aromatic heterocycles. The van der Waals surface area contributed by atoms with E-state index in [-0.39, 0.29) is 24.7 Å². The topological polar surface area (TPSA) is 75.8 Å². The summed E-state index contributed by atoms with van der Waals surface area (Å²) in [5.74, 6) is 0.255. The van der Waals surface area contributed by atoms with E-state index in [4.69, 9.17) is 14.3 Å². The molecule has 2 aromatic rings. The zero-order chi connectivity index (χ0) is 15.5. The number of oxazole rings is 1. The van der Waals surface area contributed by atoms with Gasteiger partial charge in [-0.3, -0.25) is 4.79 Å². The quantitative estimate of drug-likeness (QED) is 0.869. The fourth-order valence-corrected chi connectivity index (χ4v) is 2.43. The average molecular weight is 302 g/mol. The number of carbonyl (C=O) groups excluding carboxylic acids is 1. The van der Waals surface area contributed by atoms with Crippen LogP contribution < -0.4 is 0 Å². The second-order valence-electron chi connectivity index (χ2n) is 5.33. The minimum Gasteiger partial charge on any atom is -0.437 e. The van der Waals surface area contributed by atoms with Gasteiger partial charge in [-0.05, 0) is 19.1 Å². The molecule has 1 saturated heterocycles. The number of para-hydroxylation sites is 2. The SMILES string of the molecule is CC1COC(CO)CN1C(=O)/C=C/c1nc2ccccc2o1. The monoisotopic (exact) mass is 302 g/mol. The summed E-state index contributed by atoms with van der Waals surface area (Å²) in [5.41, 5.74) is 1.45. The van der Waals surface area contributed by atoms with Crippen LogP contribution in [0.15, 0.2) is 34.8 Å². The maximum Gasteiger partial charge on any atom is 0.247 e. The molecule has 1 aliphatic rings. The number of nitrogens with zero attached hydrogens (tertiary/aromatic N) is 2. The van der Waals surface area contributed by atoms with Crippen LogP contribution in [0.4, 0.5) is 0 Å². The van der Waals surface area contributed by atoms with E-state index in [9.17, 15) is 4.79 Å². The van der Waals surface area contributed by atoms with Crippen molar-refractivity contribution in [3.05, 3.63) is 36.2 Å². The zero-order valence-electron chi connectivity index (χ0n) is 12.3. The molecule has 0 radical (unpaired) electrons. The molecule has 1 fully saturated rings. The lowest BCUT2D eigenvalue weighted by atomic mass is 10.2. The number of ether oxygens (including phenoxy) is 1. The van der Waals surface area contributed by atoms with Gasteiger partial charge in [-0.15, -0.1) is 0 Å². The van der Waals surface area contributed by atoms with Gasteiger partial charge in [0.2, 0.25) is 11.8 Å². The van der Waals surface area contributed by atoms with E-state index in [0.29, 0.717) is 24.6 Å². The van der Waals surface area contributed by atoms with Gasteiger partial charge in [0.15, 0.2) is 5.58 Å². The molecule has 2 unspecified atom stereocenters. The second-order valence-corrected chi connectivity index (χ2v) is 5.33. The normalized spacial score (nSPS) is 22.5. The highest BCUT2D eigenvalue weighted by atomic mass is 16.5. The van der Waals surface area contributed by atoms with E-state index in [2.05, 4.69) is 4.98 Å². The minimum absolute atomic E-state index is 0.0245. The molecule has 0 bridgehead atoms. The summed E-state index contributed by atoms with van der Waals surface area (Å²) in [6, 6.07) is 7.42. The predicted octanol–water partition coefficient (Wildman–Crippen LogP) is 1.45. The van der Waals surface area contributed by atoms with Crippen molar-refractivity contribution in [2.24, 2.45) is 0 Å². The highest BCUT2D eigenvalue weighted by molar-refractivity contribution is 5.91. The number of aromatic nitrogens is 1. The summed E-state index contributed by atoms with van der Waals surface area (Å²) in [6.45, 7) is 2.63. The van der Waals surface area contributed by atoms with E-state index in [1.807, 2.05) is 31.2 Å². The fourth-order valence-electron chi connectivity index (χ4n) is 2.43. The number of hydrogen-bond acceptors (Lipinski definition) is 5. The number of rotatable bonds is 3. The van der Waals surface area contributed by atoms with Gasteiger partial charge in [0.25, 0.3) is 0 Å². The summed E-state index contributed by atoms with van der Waals surface area (Å²) >= 11 is 0. The Morgan fingerprint density at radius 1 is 1.50 bits per heavy atom. The van der Waals surface area contributed by atoms with Crippen LogP contribution in [0.25, 0.3) is 17.2 Å². The molecular weight excluding hydrogens is 284 g/mol. The standard InChI is InChI=1S/C16H18N2O4/c1-11-10-21-12(9-19)8-18(11)16(20)7-6-15-17-13-4-2-3-5-14(13)22-15/h2-7,11-12,19H,8-10H2,1H3/b7-6+. The Hall–Kier alpha value is -2.18. The first-order valence-electron chi connectivity index (χ1n) is 7.24. The summed E-state index contributed by atoms with van der Waals surface area (Å²) in [6.07, 6.45) is 2.69. The van der Waals surface area contributed by atoms with Crippen molar-refractivity contribution in [2.75, 3.05) is 19.8 Å². The fraction of sp³-hybridized carbons (Fsp3) is 0.375. The van der Waals surface area contributed by atoms with E-state index >= 15 is 0 Å². The number of hydrogen-bond donors (Lipinski definition) is 1. The maximum absolute atomic E-state index is 12.3. The van der Waals surface area contributed by atoms with Crippen molar-refractivity contribution >= 4 is 23.1 Å². The van der Waals surface area contributed by atoms with Crippen molar-refractivity contribution in [1.29, 1.82) is 0 Å². The van der Waals surface area contributed by atoms with Gasteiger partial charge < -0.3 is 19.2 Å². The smallest absolute Gasteiger partial charge is 0.247 e. The first-order valence-corrected chi connectivity index (χ1v) is 7.24. The maximum atomic E-state index is 12.3. The van der Waals surface area contributed by atoms with Crippen LogP contribution in [0.2, 0.25) is 0 Å². The molecule has 6 heteroatoms. The summed E-state index contributed by atoms with van der Waals surface area (Å²) < 4.78 is 11.0. The van der Waals surface area contributed by atoms with Crippen molar-refractivity contribution in [1.82, 2.24) is 9.88 Å². The molecule has 2 heterocycles. The molecule has 1 aromatic carbocycles. The summed E-state index contributed by atoms with van der Waals surface area (Å²) in [4.78, 5) is 18.3. The molecule has 0 saturated carbocycles. The number of amides is 1. The van der Waals surface area contributed by atoms with Crippen molar-refractivity contribution in [3.8, 4) is 0 Å². The van der Waals surface area contributed by atoms with Crippen molar-refractivity contribution in [2.45, 2.75) is 19.1 Å². The predicted molar refractivity (Wildman–Crippen MR) is 81.0 cm³/mol. The Morgan fingerprint density at radius 3 is 3.09 bits per heavy atom. The lowest BCUT2D eigenvalue weighted by molar-refractivity contribution is -0.140. The van der Waals surface area contributed by atoms with Gasteiger partial charge in [0.05, 0.1) is 25.4 Å². The van der Waals surface area contributed by atoms with Crippen molar-refractivity contribution in [3.63, 3.8) is 0 Å². The molecule has 0 spiro atoms. The van der Waals surface area contributed by atoms with Gasteiger partial charge in [-0.2, -0.15) is 0 Å². The Bertz CT molecular complexity index is 661. The van der Waals surface area contributed by atoms with Crippen LogP contribution in [0.3, 0.4) is 0 Å². The van der Waals surface area contributed by atoms with Gasteiger partial charge in [0, 0.05) is 18.7 Å². The van der Waals surface area contributed by atoms with E-state index in [1.165, 1.54) is 6.08 Å². The van der Waals surface area contributed by atoms with Crippen LogP contribution in [-0.4, -0.2) is 52.8 Å². The number of benzene rings is 1. The summed E-state index contributed by atoms with van der Waals surface area (Å²) in [5, 5.41) is 9.16. The second kappa shape index (κ2) is 6.29. The van der Waals surface area contributed by atoms with E-state index in [0.717, 1.165) is 5.52 Å². The van der Waals surface area contributed by atoms with Gasteiger partial charge in [-0.25, -0.2) is 4.98 Å². The first-order chi connectivity index (χ1) is 10.7. The van der Waals surface area contributed by atoms with Crippen LogP contribution in [0.5, 0.6) is 0 Å². The highest BCUT2D eigenvalue weighted by Crippen LogP contribution is 2.16. The Balaban J connectivity index is 1.72. The minimum atomic E-state index is -0.321. The Labute approximate surface area is 128 Å². The molecule has 1 amide bonds. The summed E-state index contributed by atoms with van der Waals surface area (Å²) in [7, 11) is 0. The zero-order valence-corrected chi connectivity index (χ0v) is 12.3. The number of fused-ring (bicyclic) bond motifs is 1. The molecule has 22 heavy (non-hydrogen) atoms. The molecular formula is C16H18N2O4. The van der Waals surface area contributed by atoms with E-state index in [1.54, 1.807) is 11.0 Å². The van der Waals surface area contributed by atoms with E-state index < -0.39 is 0 Å². The number of aliphatic hydroxyl groups is 1. The van der Waals surface area contributed by atoms with Crippen LogP contribution in [0.1, 0.15) is 12.8 Å². The average Bonchev–Trinajstić information content (AvgIpc) is 2.96. The van der Waals surface area contributed by atoms with Crippen LogP contribution in [0, 0.1) is 0 Å². The Kier molecular flexibility index (Phi) is 4.22. The molecule has 116 valence electrons. The molecule has 1 N–H and O–H groups in total. The largest absolute Gasteiger partial charge is 0.437 e.